The molecule has 2 aromatic carbocycles. The van der Waals surface area contributed by atoms with E-state index < -0.39 is 5.60 Å². The number of nitrogens with one attached hydrogen (secondary N) is 1. The highest BCUT2D eigenvalue weighted by molar-refractivity contribution is 5.76. The fraction of sp³-hybridized carbons (Fsp3) is 0.517. The van der Waals surface area contributed by atoms with Gasteiger partial charge in [0.25, 0.3) is 0 Å². The van der Waals surface area contributed by atoms with Crippen molar-refractivity contribution in [2.75, 3.05) is 19.8 Å². The Hall–Kier alpha value is -2.90. The van der Waals surface area contributed by atoms with E-state index in [1.165, 1.54) is 5.52 Å². The van der Waals surface area contributed by atoms with E-state index in [2.05, 4.69) is 58.1 Å². The van der Waals surface area contributed by atoms with Gasteiger partial charge in [-0.1, -0.05) is 42.5 Å². The lowest BCUT2D eigenvalue weighted by Crippen LogP contribution is -2.57. The van der Waals surface area contributed by atoms with Crippen molar-refractivity contribution in [1.82, 2.24) is 19.8 Å². The van der Waals surface area contributed by atoms with E-state index in [9.17, 15) is 4.79 Å². The maximum Gasteiger partial charge on any atom is 0.408 e. The van der Waals surface area contributed by atoms with Crippen LogP contribution in [0.4, 0.5) is 4.79 Å². The number of para-hydroxylation sites is 2. The summed E-state index contributed by atoms with van der Waals surface area (Å²) in [6.45, 7) is 10.2. The number of morpholine rings is 1. The predicted octanol–water partition coefficient (Wildman–Crippen LogP) is 5.41. The van der Waals surface area contributed by atoms with Gasteiger partial charge in [0.05, 0.1) is 30.3 Å². The Morgan fingerprint density at radius 3 is 2.42 bits per heavy atom. The van der Waals surface area contributed by atoms with Crippen LogP contribution in [0.1, 0.15) is 63.5 Å². The van der Waals surface area contributed by atoms with Crippen LogP contribution < -0.4 is 5.32 Å². The minimum Gasteiger partial charge on any atom is -0.444 e. The van der Waals surface area contributed by atoms with Crippen LogP contribution in [0.15, 0.2) is 54.6 Å². The number of hydrogen-bond donors (Lipinski definition) is 1. The molecule has 36 heavy (non-hydrogen) atoms. The molecule has 1 N–H and O–H groups in total. The minimum atomic E-state index is -0.531. The number of amides is 1. The first-order valence-electron chi connectivity index (χ1n) is 13.1. The van der Waals surface area contributed by atoms with Gasteiger partial charge >= 0.3 is 6.09 Å². The number of piperidine rings is 1. The summed E-state index contributed by atoms with van der Waals surface area (Å²) >= 11 is 0. The molecule has 0 aliphatic carbocycles. The van der Waals surface area contributed by atoms with E-state index in [1.807, 2.05) is 39.0 Å². The van der Waals surface area contributed by atoms with Crippen molar-refractivity contribution in [3.63, 3.8) is 0 Å². The average Bonchev–Trinajstić information content (AvgIpc) is 3.16. The second-order valence-electron chi connectivity index (χ2n) is 11.1. The van der Waals surface area contributed by atoms with Crippen LogP contribution in [-0.2, 0) is 9.47 Å². The zero-order valence-electron chi connectivity index (χ0n) is 21.8. The number of rotatable bonds is 6. The molecule has 3 atom stereocenters. The standard InChI is InChI=1S/C29H38N4O3/c1-20-30-26-12-8-9-13-27(26)33(20)22-16-23-18-35-19-24(17-22)32(23)15-14-25(21-10-6-5-7-11-21)31-28(34)36-29(2,3)4/h5-13,22-25H,14-19H2,1-4H3,(H,31,34)/t22?,23?,24?,25-/m0/s1. The number of imidazole rings is 1. The average molecular weight is 491 g/mol. The highest BCUT2D eigenvalue weighted by atomic mass is 16.6. The number of alkyl carbamates (subject to hydrolysis) is 1. The highest BCUT2D eigenvalue weighted by Gasteiger charge is 2.40. The van der Waals surface area contributed by atoms with Crippen LogP contribution >= 0.6 is 0 Å². The van der Waals surface area contributed by atoms with E-state index in [0.717, 1.165) is 55.9 Å². The lowest BCUT2D eigenvalue weighted by atomic mass is 9.89. The van der Waals surface area contributed by atoms with Gasteiger partial charge in [0, 0.05) is 24.7 Å². The Bertz CT molecular complexity index is 1170. The van der Waals surface area contributed by atoms with E-state index in [4.69, 9.17) is 14.5 Å². The van der Waals surface area contributed by atoms with E-state index in [-0.39, 0.29) is 12.1 Å². The number of ether oxygens (including phenoxy) is 2. The second-order valence-corrected chi connectivity index (χ2v) is 11.1. The summed E-state index contributed by atoms with van der Waals surface area (Å²) in [7, 11) is 0. The zero-order chi connectivity index (χ0) is 25.3. The molecule has 2 bridgehead atoms. The lowest BCUT2D eigenvalue weighted by molar-refractivity contribution is -0.0860. The van der Waals surface area contributed by atoms with Gasteiger partial charge in [0.2, 0.25) is 0 Å². The number of benzene rings is 2. The SMILES string of the molecule is Cc1nc2ccccc2n1C1CC2COCC(C1)N2CC[C@H](NC(=O)OC(C)(C)C)c1ccccc1. The number of aryl methyl sites for hydroxylation is 1. The first kappa shape index (κ1) is 24.8. The van der Waals surface area contributed by atoms with Gasteiger partial charge in [0.15, 0.2) is 0 Å². The Kier molecular flexibility index (Phi) is 7.04. The largest absolute Gasteiger partial charge is 0.444 e. The fourth-order valence-electron chi connectivity index (χ4n) is 5.90. The number of fused-ring (bicyclic) bond motifs is 3. The van der Waals surface area contributed by atoms with Gasteiger partial charge in [0.1, 0.15) is 11.4 Å². The molecule has 1 amide bonds. The third-order valence-corrected chi connectivity index (χ3v) is 7.35. The molecule has 7 nitrogen and oxygen atoms in total. The number of hydrogen-bond acceptors (Lipinski definition) is 5. The summed E-state index contributed by atoms with van der Waals surface area (Å²) < 4.78 is 14.0. The van der Waals surface area contributed by atoms with Crippen molar-refractivity contribution in [1.29, 1.82) is 0 Å². The first-order valence-corrected chi connectivity index (χ1v) is 13.1. The Morgan fingerprint density at radius 1 is 1.06 bits per heavy atom. The predicted molar refractivity (Wildman–Crippen MR) is 141 cm³/mol. The Morgan fingerprint density at radius 2 is 1.72 bits per heavy atom. The van der Waals surface area contributed by atoms with Gasteiger partial charge in [-0.3, -0.25) is 4.90 Å². The van der Waals surface area contributed by atoms with Crippen LogP contribution in [0.2, 0.25) is 0 Å². The molecular formula is C29H38N4O3. The van der Waals surface area contributed by atoms with Gasteiger partial charge in [-0.25, -0.2) is 9.78 Å². The second kappa shape index (κ2) is 10.2. The van der Waals surface area contributed by atoms with E-state index in [0.29, 0.717) is 18.1 Å². The quantitative estimate of drug-likeness (QED) is 0.501. The van der Waals surface area contributed by atoms with Crippen molar-refractivity contribution in [2.24, 2.45) is 0 Å². The van der Waals surface area contributed by atoms with Crippen LogP contribution in [0, 0.1) is 6.92 Å². The molecule has 2 unspecified atom stereocenters. The molecule has 1 aromatic heterocycles. The molecule has 0 spiro atoms. The molecule has 3 aromatic rings. The number of nitrogens with zero attached hydrogens (tertiary/aromatic N) is 3. The first-order chi connectivity index (χ1) is 17.3. The topological polar surface area (TPSA) is 68.6 Å². The monoisotopic (exact) mass is 490 g/mol. The van der Waals surface area contributed by atoms with Gasteiger partial charge in [-0.2, -0.15) is 0 Å². The van der Waals surface area contributed by atoms with Gasteiger partial charge in [-0.15, -0.1) is 0 Å². The fourth-order valence-corrected chi connectivity index (χ4v) is 5.90. The summed E-state index contributed by atoms with van der Waals surface area (Å²) in [4.78, 5) is 20.1. The van der Waals surface area contributed by atoms with Crippen LogP contribution in [0.5, 0.6) is 0 Å². The Labute approximate surface area is 213 Å². The van der Waals surface area contributed by atoms with Gasteiger partial charge in [-0.05, 0) is 64.7 Å². The maximum atomic E-state index is 12.6. The smallest absolute Gasteiger partial charge is 0.408 e. The van der Waals surface area contributed by atoms with Crippen molar-refractivity contribution in [3.8, 4) is 0 Å². The van der Waals surface area contributed by atoms with Crippen LogP contribution in [-0.4, -0.2) is 58.0 Å². The summed E-state index contributed by atoms with van der Waals surface area (Å²) in [6, 6.07) is 19.6. The van der Waals surface area contributed by atoms with E-state index >= 15 is 0 Å². The lowest BCUT2D eigenvalue weighted by Gasteiger charge is -2.49. The minimum absolute atomic E-state index is 0.111. The maximum absolute atomic E-state index is 12.6. The molecule has 7 heteroatoms. The third kappa shape index (κ3) is 5.42. The molecule has 5 rings (SSSR count). The molecule has 2 saturated heterocycles. The molecule has 0 saturated carbocycles. The highest BCUT2D eigenvalue weighted by Crippen LogP contribution is 2.37. The van der Waals surface area contributed by atoms with Crippen LogP contribution in [0.3, 0.4) is 0 Å². The Balaban J connectivity index is 1.30. The summed E-state index contributed by atoms with van der Waals surface area (Å²) in [6.07, 6.45) is 2.51. The molecule has 3 heterocycles. The zero-order valence-corrected chi connectivity index (χ0v) is 21.8. The summed E-state index contributed by atoms with van der Waals surface area (Å²) in [5.41, 5.74) is 2.85. The van der Waals surface area contributed by atoms with Gasteiger partial charge < -0.3 is 19.4 Å². The van der Waals surface area contributed by atoms with Crippen molar-refractivity contribution in [2.45, 2.75) is 76.7 Å². The molecule has 2 fully saturated rings. The molecule has 0 radical (unpaired) electrons. The third-order valence-electron chi connectivity index (χ3n) is 7.35. The van der Waals surface area contributed by atoms with E-state index in [1.54, 1.807) is 0 Å². The number of aromatic nitrogens is 2. The number of carbonyl (C=O) groups excluding carboxylic acids is 1. The van der Waals surface area contributed by atoms with Crippen molar-refractivity contribution in [3.05, 3.63) is 66.0 Å². The molecule has 192 valence electrons. The van der Waals surface area contributed by atoms with Crippen LogP contribution in [0.25, 0.3) is 11.0 Å². The summed E-state index contributed by atoms with van der Waals surface area (Å²) in [5.74, 6) is 1.08. The number of carbonyl (C=O) groups is 1. The molecule has 2 aliphatic rings. The van der Waals surface area contributed by atoms with Crippen molar-refractivity contribution >= 4 is 17.1 Å². The molecule has 2 aliphatic heterocycles. The summed E-state index contributed by atoms with van der Waals surface area (Å²) in [5, 5.41) is 3.12. The van der Waals surface area contributed by atoms with Crippen molar-refractivity contribution < 1.29 is 14.3 Å². The molecular weight excluding hydrogens is 452 g/mol. The normalized spacial score (nSPS) is 23.4.